The molecule has 0 aliphatic heterocycles. The van der Waals surface area contributed by atoms with Gasteiger partial charge in [0.15, 0.2) is 0 Å². The molecule has 0 spiro atoms. The third kappa shape index (κ3) is 3.23. The van der Waals surface area contributed by atoms with Crippen molar-refractivity contribution in [2.24, 2.45) is 0 Å². The largest absolute Gasteiger partial charge is 0.326 e. The van der Waals surface area contributed by atoms with Gasteiger partial charge < -0.3 is 4.57 Å². The highest BCUT2D eigenvalue weighted by molar-refractivity contribution is 7.72. The zero-order valence-corrected chi connectivity index (χ0v) is 15.4. The highest BCUT2D eigenvalue weighted by Gasteiger charge is 2.16. The Morgan fingerprint density at radius 3 is 1.96 bits per heavy atom. The maximum atomic E-state index is 4.63. The summed E-state index contributed by atoms with van der Waals surface area (Å²) in [5.41, 5.74) is 4.92. The van der Waals surface area contributed by atoms with Crippen LogP contribution in [0, 0.1) is 13.8 Å². The van der Waals surface area contributed by atoms with Crippen LogP contribution in [0.5, 0.6) is 0 Å². The van der Waals surface area contributed by atoms with Gasteiger partial charge in [0.1, 0.15) is 0 Å². The third-order valence-corrected chi connectivity index (χ3v) is 7.10. The van der Waals surface area contributed by atoms with Crippen LogP contribution in [-0.2, 0) is 6.29 Å². The molecular formula is C22H21N2P. The molecule has 0 atom stereocenters. The molecule has 124 valence electrons. The molecule has 3 heteroatoms. The summed E-state index contributed by atoms with van der Waals surface area (Å²) in [6, 6.07) is 26.1. The van der Waals surface area contributed by atoms with Crippen molar-refractivity contribution < 1.29 is 0 Å². The highest BCUT2D eigenvalue weighted by Crippen LogP contribution is 2.36. The van der Waals surface area contributed by atoms with Gasteiger partial charge in [-0.1, -0.05) is 60.7 Å². The number of fused-ring (bicyclic) bond motifs is 1. The Kier molecular flexibility index (Phi) is 4.38. The quantitative estimate of drug-likeness (QED) is 0.489. The van der Waals surface area contributed by atoms with E-state index in [2.05, 4.69) is 96.2 Å². The average molecular weight is 344 g/mol. The summed E-state index contributed by atoms with van der Waals surface area (Å²) >= 11 is 0. The van der Waals surface area contributed by atoms with Gasteiger partial charge >= 0.3 is 0 Å². The Morgan fingerprint density at radius 1 is 0.800 bits per heavy atom. The molecule has 0 N–H and O–H groups in total. The molecule has 0 aliphatic carbocycles. The molecule has 0 saturated heterocycles. The molecule has 4 rings (SSSR count). The number of hydrogen-bond acceptors (Lipinski definition) is 1. The lowest BCUT2D eigenvalue weighted by Crippen LogP contribution is -2.15. The van der Waals surface area contributed by atoms with Gasteiger partial charge in [-0.05, 0) is 55.6 Å². The van der Waals surface area contributed by atoms with Crippen molar-refractivity contribution in [2.75, 3.05) is 0 Å². The average Bonchev–Trinajstić information content (AvgIpc) is 3.03. The van der Waals surface area contributed by atoms with Gasteiger partial charge in [0.05, 0.1) is 23.6 Å². The van der Waals surface area contributed by atoms with Crippen LogP contribution in [0.1, 0.15) is 11.1 Å². The van der Waals surface area contributed by atoms with Gasteiger partial charge in [0.25, 0.3) is 0 Å². The summed E-state index contributed by atoms with van der Waals surface area (Å²) in [4.78, 5) is 4.63. The number of benzene rings is 3. The second-order valence-corrected chi connectivity index (χ2v) is 8.55. The van der Waals surface area contributed by atoms with E-state index in [9.17, 15) is 0 Å². The number of nitrogens with zero attached hydrogens (tertiary/aromatic N) is 2. The van der Waals surface area contributed by atoms with Crippen LogP contribution in [0.4, 0.5) is 0 Å². The van der Waals surface area contributed by atoms with E-state index in [4.69, 9.17) is 0 Å². The standard InChI is InChI=1S/C22H21N2P/c1-17-13-21-22(14-18(17)2)24(15-23-21)16-25(19-9-5-3-6-10-19)20-11-7-4-8-12-20/h3-15H,16H2,1-2H3. The molecule has 0 aliphatic rings. The normalized spacial score (nSPS) is 11.3. The Hall–Kier alpha value is -2.44. The molecule has 0 bridgehead atoms. The maximum Gasteiger partial charge on any atom is 0.0961 e. The topological polar surface area (TPSA) is 17.8 Å². The lowest BCUT2D eigenvalue weighted by molar-refractivity contribution is 0.916. The predicted octanol–water partition coefficient (Wildman–Crippen LogP) is 4.74. The van der Waals surface area contributed by atoms with Crippen molar-refractivity contribution in [2.45, 2.75) is 20.1 Å². The second-order valence-electron chi connectivity index (χ2n) is 6.38. The van der Waals surface area contributed by atoms with Gasteiger partial charge in [0.2, 0.25) is 0 Å². The number of rotatable bonds is 4. The van der Waals surface area contributed by atoms with Crippen LogP contribution in [0.15, 0.2) is 79.1 Å². The highest BCUT2D eigenvalue weighted by atomic mass is 31.1. The van der Waals surface area contributed by atoms with Crippen molar-refractivity contribution in [3.05, 3.63) is 90.3 Å². The fraction of sp³-hybridized carbons (Fsp3) is 0.136. The minimum Gasteiger partial charge on any atom is -0.326 e. The van der Waals surface area contributed by atoms with Crippen molar-refractivity contribution in [3.8, 4) is 0 Å². The second kappa shape index (κ2) is 6.82. The Morgan fingerprint density at radius 2 is 1.36 bits per heavy atom. The fourth-order valence-corrected chi connectivity index (χ4v) is 5.33. The van der Waals surface area contributed by atoms with Crippen LogP contribution in [0.25, 0.3) is 11.0 Å². The van der Waals surface area contributed by atoms with Crippen LogP contribution in [0.2, 0.25) is 0 Å². The summed E-state index contributed by atoms with van der Waals surface area (Å²) in [5, 5.41) is 2.80. The first-order valence-corrected chi connectivity index (χ1v) is 10.0. The van der Waals surface area contributed by atoms with Crippen molar-refractivity contribution in [3.63, 3.8) is 0 Å². The van der Waals surface area contributed by atoms with E-state index in [1.54, 1.807) is 0 Å². The number of hydrogen-bond donors (Lipinski definition) is 0. The number of aryl methyl sites for hydroxylation is 2. The molecular weight excluding hydrogens is 323 g/mol. The van der Waals surface area contributed by atoms with E-state index >= 15 is 0 Å². The SMILES string of the molecule is Cc1cc2ncn(CP(c3ccccc3)c3ccccc3)c2cc1C. The molecule has 0 unspecified atom stereocenters. The zero-order valence-electron chi connectivity index (χ0n) is 14.6. The van der Waals surface area contributed by atoms with Crippen molar-refractivity contribution >= 4 is 29.6 Å². The van der Waals surface area contributed by atoms with Gasteiger partial charge in [-0.25, -0.2) is 4.98 Å². The number of imidazole rings is 1. The molecule has 0 saturated carbocycles. The van der Waals surface area contributed by atoms with E-state index in [0.717, 1.165) is 11.8 Å². The summed E-state index contributed by atoms with van der Waals surface area (Å²) in [6.07, 6.45) is 2.94. The molecule has 25 heavy (non-hydrogen) atoms. The summed E-state index contributed by atoms with van der Waals surface area (Å²) in [7, 11) is -0.469. The fourth-order valence-electron chi connectivity index (χ4n) is 3.11. The van der Waals surface area contributed by atoms with E-state index in [0.29, 0.717) is 0 Å². The summed E-state index contributed by atoms with van der Waals surface area (Å²) < 4.78 is 2.31. The van der Waals surface area contributed by atoms with E-state index in [1.165, 1.54) is 27.3 Å². The molecule has 1 heterocycles. The Bertz CT molecular complexity index is 951. The van der Waals surface area contributed by atoms with Gasteiger partial charge in [-0.2, -0.15) is 0 Å². The van der Waals surface area contributed by atoms with Gasteiger partial charge in [-0.15, -0.1) is 0 Å². The van der Waals surface area contributed by atoms with E-state index in [1.807, 2.05) is 6.33 Å². The zero-order chi connectivity index (χ0) is 17.2. The lowest BCUT2D eigenvalue weighted by atomic mass is 10.1. The molecule has 0 fully saturated rings. The smallest absolute Gasteiger partial charge is 0.0961 e. The van der Waals surface area contributed by atoms with Gasteiger partial charge in [-0.3, -0.25) is 0 Å². The first kappa shape index (κ1) is 16.1. The Labute approximate surface area is 149 Å². The van der Waals surface area contributed by atoms with Crippen molar-refractivity contribution in [1.29, 1.82) is 0 Å². The number of aromatic nitrogens is 2. The van der Waals surface area contributed by atoms with Gasteiger partial charge in [0, 0.05) is 0 Å². The summed E-state index contributed by atoms with van der Waals surface area (Å²) in [6.45, 7) is 4.32. The van der Waals surface area contributed by atoms with Crippen LogP contribution in [-0.4, -0.2) is 9.55 Å². The maximum absolute atomic E-state index is 4.63. The molecule has 0 radical (unpaired) electrons. The van der Waals surface area contributed by atoms with Crippen LogP contribution >= 0.6 is 7.92 Å². The first-order chi connectivity index (χ1) is 12.2. The molecule has 3 aromatic carbocycles. The molecule has 1 aromatic heterocycles. The summed E-state index contributed by atoms with van der Waals surface area (Å²) in [5.74, 6) is 0. The molecule has 2 nitrogen and oxygen atoms in total. The monoisotopic (exact) mass is 344 g/mol. The van der Waals surface area contributed by atoms with Crippen LogP contribution < -0.4 is 10.6 Å². The minimum atomic E-state index is -0.469. The lowest BCUT2D eigenvalue weighted by Gasteiger charge is -2.20. The first-order valence-electron chi connectivity index (χ1n) is 8.52. The van der Waals surface area contributed by atoms with Crippen molar-refractivity contribution in [1.82, 2.24) is 9.55 Å². The third-order valence-electron chi connectivity index (χ3n) is 4.67. The van der Waals surface area contributed by atoms with E-state index < -0.39 is 7.92 Å². The predicted molar refractivity (Wildman–Crippen MR) is 108 cm³/mol. The molecule has 0 amide bonds. The van der Waals surface area contributed by atoms with Crippen LogP contribution in [0.3, 0.4) is 0 Å². The Balaban J connectivity index is 1.78. The van der Waals surface area contributed by atoms with E-state index in [-0.39, 0.29) is 0 Å². The molecule has 4 aromatic rings. The minimum absolute atomic E-state index is 0.469.